The highest BCUT2D eigenvalue weighted by Gasteiger charge is 2.11. The van der Waals surface area contributed by atoms with Crippen LogP contribution >= 0.6 is 15.9 Å². The Labute approximate surface area is 123 Å². The van der Waals surface area contributed by atoms with Crippen molar-refractivity contribution < 1.29 is 13.9 Å². The number of nitrogens with two attached hydrogens (primary N) is 1. The van der Waals surface area contributed by atoms with Gasteiger partial charge in [-0.05, 0) is 27.6 Å². The Kier molecular flexibility index (Phi) is 4.57. The van der Waals surface area contributed by atoms with Gasteiger partial charge in [-0.15, -0.1) is 0 Å². The third kappa shape index (κ3) is 3.71. The Morgan fingerprint density at radius 2 is 2.00 bits per heavy atom. The summed E-state index contributed by atoms with van der Waals surface area (Å²) in [5, 5.41) is 2.97. The van der Waals surface area contributed by atoms with Crippen molar-refractivity contribution in [3.8, 4) is 5.75 Å². The minimum Gasteiger partial charge on any atom is -0.409 e. The SMILES string of the molecule is NC(=O)Oc1cc(F)c(NCc2ccccc2)cc1Br. The first-order valence-corrected chi connectivity index (χ1v) is 6.59. The molecule has 4 nitrogen and oxygen atoms in total. The molecular formula is C14H12BrFN2O2. The van der Waals surface area contributed by atoms with Gasteiger partial charge in [-0.1, -0.05) is 30.3 Å². The van der Waals surface area contributed by atoms with Crippen molar-refractivity contribution in [1.29, 1.82) is 0 Å². The summed E-state index contributed by atoms with van der Waals surface area (Å²) >= 11 is 3.20. The molecule has 3 N–H and O–H groups in total. The van der Waals surface area contributed by atoms with Gasteiger partial charge in [-0.2, -0.15) is 0 Å². The highest BCUT2D eigenvalue weighted by molar-refractivity contribution is 9.10. The van der Waals surface area contributed by atoms with Crippen molar-refractivity contribution in [2.45, 2.75) is 6.54 Å². The van der Waals surface area contributed by atoms with Gasteiger partial charge in [0.25, 0.3) is 0 Å². The average molecular weight is 339 g/mol. The second-order valence-electron chi connectivity index (χ2n) is 4.02. The third-order valence-corrected chi connectivity index (χ3v) is 3.18. The number of rotatable bonds is 4. The molecule has 0 heterocycles. The van der Waals surface area contributed by atoms with E-state index in [1.165, 1.54) is 6.07 Å². The van der Waals surface area contributed by atoms with Crippen LogP contribution in [0.15, 0.2) is 46.9 Å². The minimum atomic E-state index is -0.991. The molecule has 0 saturated carbocycles. The van der Waals surface area contributed by atoms with E-state index < -0.39 is 11.9 Å². The Balaban J connectivity index is 2.13. The van der Waals surface area contributed by atoms with E-state index in [0.717, 1.165) is 11.6 Å². The predicted molar refractivity (Wildman–Crippen MR) is 78.1 cm³/mol. The van der Waals surface area contributed by atoms with Crippen LogP contribution in [0.1, 0.15) is 5.56 Å². The first kappa shape index (κ1) is 14.3. The van der Waals surface area contributed by atoms with Crippen molar-refractivity contribution in [2.24, 2.45) is 5.73 Å². The summed E-state index contributed by atoms with van der Waals surface area (Å²) < 4.78 is 19.0. The molecule has 0 unspecified atom stereocenters. The molecule has 0 aromatic heterocycles. The smallest absolute Gasteiger partial charge is 0.409 e. The quantitative estimate of drug-likeness (QED) is 0.894. The maximum Gasteiger partial charge on any atom is 0.410 e. The molecule has 2 aromatic carbocycles. The van der Waals surface area contributed by atoms with E-state index >= 15 is 0 Å². The summed E-state index contributed by atoms with van der Waals surface area (Å²) in [5.74, 6) is -0.486. The molecule has 0 radical (unpaired) electrons. The van der Waals surface area contributed by atoms with Crippen molar-refractivity contribution >= 4 is 27.7 Å². The van der Waals surface area contributed by atoms with Crippen LogP contribution in [-0.4, -0.2) is 6.09 Å². The number of nitrogens with one attached hydrogen (secondary N) is 1. The number of amides is 1. The van der Waals surface area contributed by atoms with E-state index in [9.17, 15) is 9.18 Å². The molecule has 0 aliphatic heterocycles. The predicted octanol–water partition coefficient (Wildman–Crippen LogP) is 3.66. The van der Waals surface area contributed by atoms with Gasteiger partial charge >= 0.3 is 6.09 Å². The Hall–Kier alpha value is -2.08. The number of ether oxygens (including phenoxy) is 1. The monoisotopic (exact) mass is 338 g/mol. The summed E-state index contributed by atoms with van der Waals surface area (Å²) in [6.07, 6.45) is -0.991. The molecular weight excluding hydrogens is 327 g/mol. The summed E-state index contributed by atoms with van der Waals surface area (Å²) in [4.78, 5) is 10.7. The number of carbonyl (C=O) groups is 1. The van der Waals surface area contributed by atoms with Gasteiger partial charge in [0.05, 0.1) is 10.2 Å². The van der Waals surface area contributed by atoms with Gasteiger partial charge in [-0.3, -0.25) is 0 Å². The van der Waals surface area contributed by atoms with Crippen LogP contribution in [-0.2, 0) is 6.54 Å². The van der Waals surface area contributed by atoms with Crippen LogP contribution in [0.5, 0.6) is 5.75 Å². The van der Waals surface area contributed by atoms with Crippen LogP contribution < -0.4 is 15.8 Å². The van der Waals surface area contributed by atoms with E-state index in [4.69, 9.17) is 5.73 Å². The molecule has 1 amide bonds. The standard InChI is InChI=1S/C14H12BrFN2O2/c15-10-6-12(11(16)7-13(10)20-14(17)19)18-8-9-4-2-1-3-5-9/h1-7,18H,8H2,(H2,17,19). The van der Waals surface area contributed by atoms with Gasteiger partial charge in [0.2, 0.25) is 0 Å². The molecule has 0 aliphatic rings. The minimum absolute atomic E-state index is 0.0419. The van der Waals surface area contributed by atoms with E-state index in [2.05, 4.69) is 26.0 Å². The number of carbonyl (C=O) groups excluding carboxylic acids is 1. The molecule has 0 spiro atoms. The zero-order valence-electron chi connectivity index (χ0n) is 10.4. The molecule has 0 fully saturated rings. The van der Waals surface area contributed by atoms with Crippen molar-refractivity contribution in [3.63, 3.8) is 0 Å². The molecule has 0 saturated heterocycles. The molecule has 6 heteroatoms. The van der Waals surface area contributed by atoms with E-state index in [0.29, 0.717) is 16.7 Å². The second-order valence-corrected chi connectivity index (χ2v) is 4.88. The van der Waals surface area contributed by atoms with E-state index in [1.807, 2.05) is 30.3 Å². The lowest BCUT2D eigenvalue weighted by Crippen LogP contribution is -2.16. The summed E-state index contributed by atoms with van der Waals surface area (Å²) in [6, 6.07) is 12.2. The van der Waals surface area contributed by atoms with Crippen LogP contribution in [0.4, 0.5) is 14.9 Å². The van der Waals surface area contributed by atoms with Gasteiger partial charge in [0.1, 0.15) is 11.6 Å². The van der Waals surface area contributed by atoms with Crippen molar-refractivity contribution in [1.82, 2.24) is 0 Å². The molecule has 0 atom stereocenters. The summed E-state index contributed by atoms with van der Waals surface area (Å²) in [5.41, 5.74) is 6.23. The van der Waals surface area contributed by atoms with Crippen LogP contribution in [0.2, 0.25) is 0 Å². The number of benzene rings is 2. The second kappa shape index (κ2) is 6.38. The molecule has 0 bridgehead atoms. The fraction of sp³-hybridized carbons (Fsp3) is 0.0714. The topological polar surface area (TPSA) is 64.4 Å². The zero-order valence-corrected chi connectivity index (χ0v) is 12.0. The third-order valence-electron chi connectivity index (χ3n) is 2.56. The maximum absolute atomic E-state index is 13.9. The number of anilines is 1. The van der Waals surface area contributed by atoms with Crippen LogP contribution in [0, 0.1) is 5.82 Å². The Bertz CT molecular complexity index is 620. The van der Waals surface area contributed by atoms with Crippen LogP contribution in [0.25, 0.3) is 0 Å². The number of hydrogen-bond donors (Lipinski definition) is 2. The van der Waals surface area contributed by atoms with Gasteiger partial charge in [0.15, 0.2) is 0 Å². The zero-order chi connectivity index (χ0) is 14.5. The molecule has 20 heavy (non-hydrogen) atoms. The molecule has 104 valence electrons. The first-order valence-electron chi connectivity index (χ1n) is 5.80. The van der Waals surface area contributed by atoms with Gasteiger partial charge in [-0.25, -0.2) is 9.18 Å². The number of hydrogen-bond acceptors (Lipinski definition) is 3. The highest BCUT2D eigenvalue weighted by atomic mass is 79.9. The molecule has 2 aromatic rings. The van der Waals surface area contributed by atoms with Gasteiger partial charge < -0.3 is 15.8 Å². The molecule has 2 rings (SSSR count). The van der Waals surface area contributed by atoms with E-state index in [-0.39, 0.29) is 5.75 Å². The largest absolute Gasteiger partial charge is 0.410 e. The van der Waals surface area contributed by atoms with Crippen molar-refractivity contribution in [2.75, 3.05) is 5.32 Å². The van der Waals surface area contributed by atoms with Gasteiger partial charge in [0, 0.05) is 12.6 Å². The number of primary amides is 1. The fourth-order valence-electron chi connectivity index (χ4n) is 1.64. The number of halogens is 2. The normalized spacial score (nSPS) is 10.1. The first-order chi connectivity index (χ1) is 9.56. The summed E-state index contributed by atoms with van der Waals surface area (Å²) in [6.45, 7) is 0.486. The van der Waals surface area contributed by atoms with Crippen LogP contribution in [0.3, 0.4) is 0 Å². The Morgan fingerprint density at radius 1 is 1.30 bits per heavy atom. The fourth-order valence-corrected chi connectivity index (χ4v) is 2.07. The highest BCUT2D eigenvalue weighted by Crippen LogP contribution is 2.31. The van der Waals surface area contributed by atoms with Crippen molar-refractivity contribution in [3.05, 3.63) is 58.3 Å². The van der Waals surface area contributed by atoms with E-state index in [1.54, 1.807) is 0 Å². The Morgan fingerprint density at radius 3 is 2.65 bits per heavy atom. The summed E-state index contributed by atoms with van der Waals surface area (Å²) in [7, 11) is 0. The average Bonchev–Trinajstić information content (AvgIpc) is 2.41. The lowest BCUT2D eigenvalue weighted by Gasteiger charge is -2.10. The lowest BCUT2D eigenvalue weighted by atomic mass is 10.2. The lowest BCUT2D eigenvalue weighted by molar-refractivity contribution is 0.210. The molecule has 0 aliphatic carbocycles. The maximum atomic E-state index is 13.9.